The lowest BCUT2D eigenvalue weighted by atomic mass is 9.95. The summed E-state index contributed by atoms with van der Waals surface area (Å²) in [5, 5.41) is 5.88. The summed E-state index contributed by atoms with van der Waals surface area (Å²) in [6.07, 6.45) is 1.48. The highest BCUT2D eigenvalue weighted by Crippen LogP contribution is 2.36. The SMILES string of the molecule is [C-]#[N+]c1ccc(-c2ccc(C[C@H](NC(=O)c3c(F)cc(C(=O)Nc4ccccc4)cc3F)C(=O)OC)c3cccnc23)c(Cl)c1. The molecule has 0 aliphatic carbocycles. The number of ether oxygens (including phenoxy) is 1. The van der Waals surface area contributed by atoms with Gasteiger partial charge in [0, 0.05) is 39.8 Å². The smallest absolute Gasteiger partial charge is 0.328 e. The van der Waals surface area contributed by atoms with Gasteiger partial charge < -0.3 is 15.4 Å². The zero-order valence-corrected chi connectivity index (χ0v) is 24.4. The number of fused-ring (bicyclic) bond motifs is 1. The van der Waals surface area contributed by atoms with Gasteiger partial charge in [-0.2, -0.15) is 0 Å². The van der Waals surface area contributed by atoms with Crippen LogP contribution in [0, 0.1) is 18.2 Å². The first-order valence-corrected chi connectivity index (χ1v) is 13.9. The largest absolute Gasteiger partial charge is 0.467 e. The fourth-order valence-corrected chi connectivity index (χ4v) is 5.13. The first kappa shape index (κ1) is 30.8. The van der Waals surface area contributed by atoms with E-state index in [0.717, 1.165) is 19.2 Å². The van der Waals surface area contributed by atoms with Gasteiger partial charge in [0.2, 0.25) is 0 Å². The number of carbonyl (C=O) groups is 3. The quantitative estimate of drug-likeness (QED) is 0.141. The molecule has 0 unspecified atom stereocenters. The number of rotatable bonds is 8. The van der Waals surface area contributed by atoms with E-state index in [1.165, 1.54) is 0 Å². The molecule has 2 N–H and O–H groups in total. The van der Waals surface area contributed by atoms with E-state index in [9.17, 15) is 14.4 Å². The van der Waals surface area contributed by atoms with Gasteiger partial charge in [0.15, 0.2) is 5.69 Å². The van der Waals surface area contributed by atoms with Crippen molar-refractivity contribution in [1.29, 1.82) is 0 Å². The van der Waals surface area contributed by atoms with Crippen molar-refractivity contribution in [2.75, 3.05) is 12.4 Å². The van der Waals surface area contributed by atoms with Gasteiger partial charge in [-0.15, -0.1) is 0 Å². The molecule has 0 radical (unpaired) electrons. The second-order valence-electron chi connectivity index (χ2n) is 9.84. The Morgan fingerprint density at radius 2 is 1.64 bits per heavy atom. The Balaban J connectivity index is 1.42. The van der Waals surface area contributed by atoms with Crippen LogP contribution in [0.4, 0.5) is 20.2 Å². The second kappa shape index (κ2) is 13.3. The van der Waals surface area contributed by atoms with E-state index in [-0.39, 0.29) is 12.0 Å². The number of anilines is 1. The molecule has 5 rings (SSSR count). The highest BCUT2D eigenvalue weighted by Gasteiger charge is 2.28. The minimum Gasteiger partial charge on any atom is -0.467 e. The molecule has 5 aromatic rings. The minimum absolute atomic E-state index is 0.105. The topological polar surface area (TPSA) is 102 Å². The number of halogens is 3. The standard InChI is InChI=1S/C34H23ClF2N4O4/c1-38-22-11-13-24(26(35)18-22)25-12-10-19(23-9-6-14-39-31(23)25)17-29(34(44)45-2)41-33(43)30-27(36)15-20(16-28(30)37)32(42)40-21-7-4-3-5-8-21/h3-16,18,29H,17H2,2H3,(H,40,42)(H,41,43)/t29-/m0/s1. The molecule has 0 spiro atoms. The summed E-state index contributed by atoms with van der Waals surface area (Å²) < 4.78 is 35.0. The normalized spacial score (nSPS) is 11.4. The Hall–Kier alpha value is -5.66. The van der Waals surface area contributed by atoms with Crippen LogP contribution >= 0.6 is 11.6 Å². The van der Waals surface area contributed by atoms with Crippen LogP contribution in [0.1, 0.15) is 26.3 Å². The van der Waals surface area contributed by atoms with Crippen LogP contribution in [0.25, 0.3) is 26.9 Å². The van der Waals surface area contributed by atoms with Crippen LogP contribution in [0.5, 0.6) is 0 Å². The third-order valence-electron chi connectivity index (χ3n) is 7.01. The Labute approximate surface area is 261 Å². The molecule has 0 saturated heterocycles. The number of carbonyl (C=O) groups excluding carboxylic acids is 3. The fraction of sp³-hybridized carbons (Fsp3) is 0.0882. The summed E-state index contributed by atoms with van der Waals surface area (Å²) in [7, 11) is 1.13. The summed E-state index contributed by atoms with van der Waals surface area (Å²) in [5.41, 5.74) is 1.95. The lowest BCUT2D eigenvalue weighted by Gasteiger charge is -2.19. The van der Waals surface area contributed by atoms with E-state index >= 15 is 8.78 Å². The predicted molar refractivity (Wildman–Crippen MR) is 166 cm³/mol. The molecule has 45 heavy (non-hydrogen) atoms. The van der Waals surface area contributed by atoms with Gasteiger partial charge in [0.25, 0.3) is 11.8 Å². The molecule has 11 heteroatoms. The lowest BCUT2D eigenvalue weighted by molar-refractivity contribution is -0.142. The van der Waals surface area contributed by atoms with Crippen molar-refractivity contribution in [3.05, 3.63) is 136 Å². The van der Waals surface area contributed by atoms with Crippen LogP contribution < -0.4 is 10.6 Å². The number of esters is 1. The monoisotopic (exact) mass is 624 g/mol. The van der Waals surface area contributed by atoms with Gasteiger partial charge in [0.1, 0.15) is 23.2 Å². The molecule has 2 amide bonds. The average molecular weight is 625 g/mol. The first-order valence-electron chi connectivity index (χ1n) is 13.5. The molecule has 0 saturated carbocycles. The van der Waals surface area contributed by atoms with E-state index in [2.05, 4.69) is 20.5 Å². The van der Waals surface area contributed by atoms with Gasteiger partial charge in [-0.05, 0) is 47.5 Å². The summed E-state index contributed by atoms with van der Waals surface area (Å²) in [6, 6.07) is 20.3. The van der Waals surface area contributed by atoms with Crippen molar-refractivity contribution in [2.24, 2.45) is 0 Å². The first-order chi connectivity index (χ1) is 21.7. The number of hydrogen-bond acceptors (Lipinski definition) is 5. The van der Waals surface area contributed by atoms with Crippen molar-refractivity contribution < 1.29 is 27.9 Å². The van der Waals surface area contributed by atoms with Gasteiger partial charge in [0.05, 0.1) is 19.2 Å². The maximum absolute atomic E-state index is 15.1. The molecule has 1 atom stereocenters. The fourth-order valence-electron chi connectivity index (χ4n) is 4.85. The van der Waals surface area contributed by atoms with Crippen molar-refractivity contribution in [1.82, 2.24) is 10.3 Å². The summed E-state index contributed by atoms with van der Waals surface area (Å²) in [5.74, 6) is -5.39. The minimum atomic E-state index is -1.34. The lowest BCUT2D eigenvalue weighted by Crippen LogP contribution is -2.43. The van der Waals surface area contributed by atoms with Crippen LogP contribution in [-0.4, -0.2) is 35.9 Å². The van der Waals surface area contributed by atoms with Gasteiger partial charge in [-0.1, -0.05) is 60.1 Å². The predicted octanol–water partition coefficient (Wildman–Crippen LogP) is 7.15. The second-order valence-corrected chi connectivity index (χ2v) is 10.2. The molecule has 224 valence electrons. The zero-order valence-electron chi connectivity index (χ0n) is 23.6. The van der Waals surface area contributed by atoms with Crippen molar-refractivity contribution in [2.45, 2.75) is 12.5 Å². The summed E-state index contributed by atoms with van der Waals surface area (Å²) in [4.78, 5) is 46.3. The molecule has 0 aliphatic rings. The number of amides is 2. The number of para-hydroxylation sites is 1. The van der Waals surface area contributed by atoms with Crippen molar-refractivity contribution in [3.63, 3.8) is 0 Å². The third-order valence-corrected chi connectivity index (χ3v) is 7.32. The number of pyridine rings is 1. The maximum Gasteiger partial charge on any atom is 0.328 e. The van der Waals surface area contributed by atoms with E-state index in [4.69, 9.17) is 22.9 Å². The van der Waals surface area contributed by atoms with Crippen molar-refractivity contribution in [3.8, 4) is 11.1 Å². The van der Waals surface area contributed by atoms with Crippen LogP contribution in [0.15, 0.2) is 91.1 Å². The molecule has 0 aliphatic heterocycles. The summed E-state index contributed by atoms with van der Waals surface area (Å²) in [6.45, 7) is 7.21. The van der Waals surface area contributed by atoms with E-state index in [0.29, 0.717) is 44.0 Å². The van der Waals surface area contributed by atoms with Gasteiger partial charge in [-0.25, -0.2) is 18.4 Å². The van der Waals surface area contributed by atoms with Crippen LogP contribution in [0.3, 0.4) is 0 Å². The molecule has 0 fully saturated rings. The molecule has 0 bridgehead atoms. The third kappa shape index (κ3) is 6.64. The molecule has 8 nitrogen and oxygen atoms in total. The highest BCUT2D eigenvalue weighted by atomic mass is 35.5. The zero-order chi connectivity index (χ0) is 32.1. The number of nitrogens with one attached hydrogen (secondary N) is 2. The summed E-state index contributed by atoms with van der Waals surface area (Å²) >= 11 is 6.47. The average Bonchev–Trinajstić information content (AvgIpc) is 3.04. The van der Waals surface area contributed by atoms with Gasteiger partial charge in [-0.3, -0.25) is 14.6 Å². The Morgan fingerprint density at radius 1 is 0.933 bits per heavy atom. The van der Waals surface area contributed by atoms with Crippen LogP contribution in [0.2, 0.25) is 5.02 Å². The number of aromatic nitrogens is 1. The van der Waals surface area contributed by atoms with Crippen molar-refractivity contribution >= 4 is 51.7 Å². The number of hydrogen-bond donors (Lipinski definition) is 2. The Morgan fingerprint density at radius 3 is 2.31 bits per heavy atom. The van der Waals surface area contributed by atoms with Gasteiger partial charge >= 0.3 is 5.97 Å². The van der Waals surface area contributed by atoms with E-state index in [1.807, 2.05) is 0 Å². The van der Waals surface area contributed by atoms with E-state index < -0.39 is 41.0 Å². The molecule has 1 heterocycles. The Kier molecular flexibility index (Phi) is 9.12. The molecule has 4 aromatic carbocycles. The number of benzene rings is 4. The molecular weight excluding hydrogens is 602 g/mol. The maximum atomic E-state index is 15.1. The van der Waals surface area contributed by atoms with E-state index in [1.54, 1.807) is 79.0 Å². The Bertz CT molecular complexity index is 1970. The molecule has 1 aromatic heterocycles. The highest BCUT2D eigenvalue weighted by molar-refractivity contribution is 6.34. The van der Waals surface area contributed by atoms with Crippen LogP contribution in [-0.2, 0) is 16.0 Å². The molecular formula is C34H23ClF2N4O4. The number of nitrogens with zero attached hydrogens (tertiary/aromatic N) is 2. The number of methoxy groups -OCH3 is 1.